The Morgan fingerprint density at radius 2 is 1.75 bits per heavy atom. The first-order valence-corrected chi connectivity index (χ1v) is 8.94. The minimum absolute atomic E-state index is 0. The first-order chi connectivity index (χ1) is 11.3. The molecule has 4 nitrogen and oxygen atoms in total. The van der Waals surface area contributed by atoms with Crippen molar-refractivity contribution in [2.24, 2.45) is 0 Å². The molecule has 24 heavy (non-hydrogen) atoms. The maximum Gasteiger partial charge on any atom is 0.328 e. The summed E-state index contributed by atoms with van der Waals surface area (Å²) in [6.07, 6.45) is 3.58. The molecule has 1 saturated heterocycles. The van der Waals surface area contributed by atoms with E-state index in [4.69, 9.17) is 4.74 Å². The van der Waals surface area contributed by atoms with Crippen LogP contribution >= 0.6 is 12.4 Å². The van der Waals surface area contributed by atoms with Gasteiger partial charge in [-0.2, -0.15) is 0 Å². The fourth-order valence-electron chi connectivity index (χ4n) is 3.20. The van der Waals surface area contributed by atoms with Crippen LogP contribution in [0.5, 0.6) is 0 Å². The van der Waals surface area contributed by atoms with Gasteiger partial charge in [-0.15, -0.1) is 12.4 Å². The van der Waals surface area contributed by atoms with Crippen molar-refractivity contribution in [2.45, 2.75) is 39.2 Å². The zero-order valence-electron chi connectivity index (χ0n) is 14.9. The third-order valence-corrected chi connectivity index (χ3v) is 4.64. The van der Waals surface area contributed by atoms with Crippen LogP contribution in [0.15, 0.2) is 30.3 Å². The van der Waals surface area contributed by atoms with Crippen LogP contribution in [0.3, 0.4) is 0 Å². The second kappa shape index (κ2) is 11.5. The first kappa shape index (κ1) is 20.9. The minimum Gasteiger partial charge on any atom is -0.463 e. The van der Waals surface area contributed by atoms with E-state index in [9.17, 15) is 4.79 Å². The van der Waals surface area contributed by atoms with Gasteiger partial charge >= 0.3 is 5.97 Å². The molecule has 1 heterocycles. The summed E-state index contributed by atoms with van der Waals surface area (Å²) in [4.78, 5) is 17.3. The molecule has 1 aliphatic rings. The summed E-state index contributed by atoms with van der Waals surface area (Å²) >= 11 is 0. The lowest BCUT2D eigenvalue weighted by molar-refractivity contribution is -0.151. The second-order valence-electron chi connectivity index (χ2n) is 6.10. The highest BCUT2D eigenvalue weighted by Gasteiger charge is 2.29. The Morgan fingerprint density at radius 3 is 2.33 bits per heavy atom. The number of ether oxygens (including phenoxy) is 1. The maximum atomic E-state index is 12.7. The number of carbonyl (C=O) groups is 1. The molecule has 0 bridgehead atoms. The van der Waals surface area contributed by atoms with Gasteiger partial charge in [0.05, 0.1) is 0 Å². The summed E-state index contributed by atoms with van der Waals surface area (Å²) in [7, 11) is 0. The van der Waals surface area contributed by atoms with Gasteiger partial charge in [-0.3, -0.25) is 4.90 Å². The molecule has 1 aliphatic heterocycles. The van der Waals surface area contributed by atoms with Gasteiger partial charge in [0, 0.05) is 6.54 Å². The summed E-state index contributed by atoms with van der Waals surface area (Å²) in [5.74, 6) is -0.106. The van der Waals surface area contributed by atoms with Crippen molar-refractivity contribution in [3.8, 4) is 0 Å². The molecule has 0 spiro atoms. The van der Waals surface area contributed by atoms with Crippen molar-refractivity contribution in [3.63, 3.8) is 0 Å². The number of halogens is 1. The van der Waals surface area contributed by atoms with Crippen LogP contribution in [0.4, 0.5) is 0 Å². The van der Waals surface area contributed by atoms with Gasteiger partial charge in [0.2, 0.25) is 0 Å². The number of rotatable bonds is 8. The van der Waals surface area contributed by atoms with Crippen LogP contribution in [0.25, 0.3) is 0 Å². The Labute approximate surface area is 152 Å². The van der Waals surface area contributed by atoms with E-state index >= 15 is 0 Å². The van der Waals surface area contributed by atoms with Gasteiger partial charge < -0.3 is 9.64 Å². The molecule has 1 fully saturated rings. The summed E-state index contributed by atoms with van der Waals surface area (Å²) in [6.45, 7) is 9.47. The van der Waals surface area contributed by atoms with Crippen LogP contribution in [0.1, 0.15) is 44.7 Å². The topological polar surface area (TPSA) is 32.8 Å². The zero-order chi connectivity index (χ0) is 16.5. The monoisotopic (exact) mass is 354 g/mol. The molecule has 1 aromatic carbocycles. The molecule has 1 unspecified atom stereocenters. The molecule has 0 amide bonds. The smallest absolute Gasteiger partial charge is 0.328 e. The standard InChI is InChI=1S/C19H30N2O2.ClH/c1-3-20(4-2)15-16-23-19(22)18(17-11-7-5-8-12-17)21-13-9-6-10-14-21;/h5,7-8,11-12,18H,3-4,6,9-10,13-16H2,1-2H3;1H. The van der Waals surface area contributed by atoms with E-state index in [-0.39, 0.29) is 24.4 Å². The van der Waals surface area contributed by atoms with E-state index in [1.807, 2.05) is 30.3 Å². The highest BCUT2D eigenvalue weighted by Crippen LogP contribution is 2.25. The molecule has 136 valence electrons. The summed E-state index contributed by atoms with van der Waals surface area (Å²) in [6, 6.07) is 9.79. The zero-order valence-corrected chi connectivity index (χ0v) is 15.8. The molecule has 0 N–H and O–H groups in total. The highest BCUT2D eigenvalue weighted by molar-refractivity contribution is 5.85. The van der Waals surface area contributed by atoms with Crippen LogP contribution in [-0.2, 0) is 9.53 Å². The number of carbonyl (C=O) groups excluding carboxylic acids is 1. The fourth-order valence-corrected chi connectivity index (χ4v) is 3.20. The first-order valence-electron chi connectivity index (χ1n) is 8.94. The predicted molar refractivity (Wildman–Crippen MR) is 101 cm³/mol. The predicted octanol–water partition coefficient (Wildman–Crippen LogP) is 3.52. The van der Waals surface area contributed by atoms with E-state index in [1.165, 1.54) is 6.42 Å². The van der Waals surface area contributed by atoms with Gasteiger partial charge in [-0.25, -0.2) is 4.79 Å². The number of benzene rings is 1. The SMILES string of the molecule is CCN(CC)CCOC(=O)C(c1ccccc1)N1CCCCC1.Cl. The maximum absolute atomic E-state index is 12.7. The van der Waals surface area contributed by atoms with Crippen molar-refractivity contribution in [1.82, 2.24) is 9.80 Å². The lowest BCUT2D eigenvalue weighted by Gasteiger charge is -2.33. The van der Waals surface area contributed by atoms with Crippen LogP contribution in [0, 0.1) is 0 Å². The molecule has 0 radical (unpaired) electrons. The van der Waals surface area contributed by atoms with Gasteiger partial charge in [0.25, 0.3) is 0 Å². The van der Waals surface area contributed by atoms with Gasteiger partial charge in [-0.1, -0.05) is 50.6 Å². The summed E-state index contributed by atoms with van der Waals surface area (Å²) in [5.41, 5.74) is 1.04. The van der Waals surface area contributed by atoms with E-state index in [1.54, 1.807) is 0 Å². The fraction of sp³-hybridized carbons (Fsp3) is 0.632. The molecule has 1 atom stereocenters. The molecule has 2 rings (SSSR count). The van der Waals surface area contributed by atoms with Crippen LogP contribution in [0.2, 0.25) is 0 Å². The number of hydrogen-bond donors (Lipinski definition) is 0. The molecule has 0 aliphatic carbocycles. The van der Waals surface area contributed by atoms with E-state index in [2.05, 4.69) is 23.6 Å². The van der Waals surface area contributed by atoms with Crippen LogP contribution in [-0.4, -0.2) is 55.1 Å². The lowest BCUT2D eigenvalue weighted by Crippen LogP contribution is -2.39. The second-order valence-corrected chi connectivity index (χ2v) is 6.10. The van der Waals surface area contributed by atoms with Crippen LogP contribution < -0.4 is 0 Å². The van der Waals surface area contributed by atoms with Crippen molar-refractivity contribution in [2.75, 3.05) is 39.3 Å². The Kier molecular flexibility index (Phi) is 9.99. The van der Waals surface area contributed by atoms with Gasteiger partial charge in [0.15, 0.2) is 0 Å². The number of likely N-dealkylation sites (N-methyl/N-ethyl adjacent to an activating group) is 1. The Bertz CT molecular complexity index is 460. The van der Waals surface area contributed by atoms with E-state index in [0.717, 1.165) is 51.1 Å². The number of esters is 1. The largest absolute Gasteiger partial charge is 0.463 e. The quantitative estimate of drug-likeness (QED) is 0.669. The van der Waals surface area contributed by atoms with E-state index in [0.29, 0.717) is 6.61 Å². The molecule has 0 aromatic heterocycles. The number of piperidine rings is 1. The summed E-state index contributed by atoms with van der Waals surface area (Å²) < 4.78 is 5.62. The van der Waals surface area contributed by atoms with Crippen molar-refractivity contribution in [3.05, 3.63) is 35.9 Å². The summed E-state index contributed by atoms with van der Waals surface area (Å²) in [5, 5.41) is 0. The van der Waals surface area contributed by atoms with Crippen molar-refractivity contribution in [1.29, 1.82) is 0 Å². The molecule has 5 heteroatoms. The Hall–Kier alpha value is -1.10. The van der Waals surface area contributed by atoms with Crippen molar-refractivity contribution < 1.29 is 9.53 Å². The average Bonchev–Trinajstić information content (AvgIpc) is 2.61. The molecule has 0 saturated carbocycles. The lowest BCUT2D eigenvalue weighted by atomic mass is 10.0. The molecular formula is C19H31ClN2O2. The average molecular weight is 355 g/mol. The third-order valence-electron chi connectivity index (χ3n) is 4.64. The number of likely N-dealkylation sites (tertiary alicyclic amines) is 1. The normalized spacial score (nSPS) is 16.5. The Balaban J connectivity index is 0.00000288. The number of nitrogens with zero attached hydrogens (tertiary/aromatic N) is 2. The third kappa shape index (κ3) is 6.08. The van der Waals surface area contributed by atoms with Gasteiger partial charge in [0.1, 0.15) is 12.6 Å². The molecular weight excluding hydrogens is 324 g/mol. The number of hydrogen-bond acceptors (Lipinski definition) is 4. The van der Waals surface area contributed by atoms with Gasteiger partial charge in [-0.05, 0) is 44.6 Å². The van der Waals surface area contributed by atoms with Crippen molar-refractivity contribution >= 4 is 18.4 Å². The Morgan fingerprint density at radius 1 is 1.12 bits per heavy atom. The highest BCUT2D eigenvalue weighted by atomic mass is 35.5. The minimum atomic E-state index is -0.256. The van der Waals surface area contributed by atoms with E-state index < -0.39 is 0 Å². The molecule has 1 aromatic rings.